The number of nitrogens with one attached hydrogen (secondary N) is 1. The van der Waals surface area contributed by atoms with Gasteiger partial charge in [-0.25, -0.2) is 62.7 Å². The molecule has 0 radical (unpaired) electrons. The number of non-ortho nitro benzene ring substituents is 1. The first-order valence-electron chi connectivity index (χ1n) is 39.5. The van der Waals surface area contributed by atoms with Gasteiger partial charge in [-0.3, -0.25) is 83.2 Å². The number of imidazole rings is 4. The molecule has 11 aliphatic heterocycles. The molecule has 0 spiro atoms. The van der Waals surface area contributed by atoms with Gasteiger partial charge < -0.3 is 87.8 Å². The Balaban J connectivity index is 0.000000123. The number of amidine groups is 1. The van der Waals surface area contributed by atoms with Gasteiger partial charge in [-0.2, -0.15) is 0 Å². The summed E-state index contributed by atoms with van der Waals surface area (Å²) in [6.07, 6.45) is -2.47. The van der Waals surface area contributed by atoms with Crippen LogP contribution in [0.3, 0.4) is 0 Å². The summed E-state index contributed by atoms with van der Waals surface area (Å²) in [5.74, 6) is -0.328. The maximum atomic E-state index is 13.2. The first-order valence-corrected chi connectivity index (χ1v) is 60.2. The van der Waals surface area contributed by atoms with Crippen molar-refractivity contribution < 1.29 is 132 Å². The number of nitrogens with zero attached hydrogens (tertiary/aromatic N) is 14. The average Bonchev–Trinajstić information content (AvgIpc) is 1.47. The summed E-state index contributed by atoms with van der Waals surface area (Å²) >= 11 is 20.9. The third-order valence-electron chi connectivity index (χ3n) is 21.9. The molecule has 15 unspecified atom stereocenters. The number of thioether (sulfide) groups is 1. The van der Waals surface area contributed by atoms with Crippen molar-refractivity contribution in [2.45, 2.75) is 141 Å². The zero-order valence-corrected chi connectivity index (χ0v) is 84.8. The maximum Gasteiger partial charge on any atom is 0.389 e. The summed E-state index contributed by atoms with van der Waals surface area (Å²) in [4.78, 5) is 72.9. The van der Waals surface area contributed by atoms with Crippen LogP contribution in [-0.2, 0) is 107 Å². The van der Waals surface area contributed by atoms with Gasteiger partial charge in [0.1, 0.15) is 125 Å². The van der Waals surface area contributed by atoms with E-state index in [1.165, 1.54) is 29.1 Å². The van der Waals surface area contributed by atoms with E-state index in [1.54, 1.807) is 106 Å². The molecular weight excluding hydrogens is 2200 g/mol. The van der Waals surface area contributed by atoms with E-state index in [0.717, 1.165) is 74.2 Å². The number of aliphatic hydroxyl groups is 5. The number of anilines is 4. The molecule has 1 aromatic carbocycles. The summed E-state index contributed by atoms with van der Waals surface area (Å²) in [5.41, 5.74) is 36.3. The summed E-state index contributed by atoms with van der Waals surface area (Å²) in [6.45, 7) is -11.0. The number of nitro groups is 1. The highest BCUT2D eigenvalue weighted by molar-refractivity contribution is 9.10. The van der Waals surface area contributed by atoms with Gasteiger partial charge in [-0.1, -0.05) is 46.4 Å². The highest BCUT2D eigenvalue weighted by atomic mass is 79.9. The van der Waals surface area contributed by atoms with Crippen molar-refractivity contribution in [2.24, 2.45) is 10.7 Å². The predicted octanol–water partition coefficient (Wildman–Crippen LogP) is 9.93. The number of aromatic nitrogens is 12. The quantitative estimate of drug-likeness (QED) is 0.00723. The number of fused-ring (bicyclic) bond motifs is 9. The number of halogens is 3. The summed E-state index contributed by atoms with van der Waals surface area (Å²) < 4.78 is 153. The van der Waals surface area contributed by atoms with Crippen LogP contribution in [0.2, 0.25) is 0 Å². The molecule has 25 atom stereocenters. The number of H-pyrrole nitrogens is 1. The Kier molecular flexibility index (Phi) is 31.2. The minimum atomic E-state index is -3.62. The van der Waals surface area contributed by atoms with E-state index in [2.05, 4.69) is 99.2 Å². The highest BCUT2D eigenvalue weighted by Crippen LogP contribution is 2.69. The van der Waals surface area contributed by atoms with Gasteiger partial charge in [-0.05, 0) is 163 Å². The Bertz CT molecular complexity index is 6450. The number of rotatable bonds is 18. The Morgan fingerprint density at radius 1 is 0.530 bits per heavy atom. The van der Waals surface area contributed by atoms with Crippen molar-refractivity contribution >= 4 is 253 Å². The Labute approximate surface area is 812 Å². The monoisotopic (exact) mass is 2280 g/mol. The molecule has 134 heavy (non-hydrogen) atoms. The van der Waals surface area contributed by atoms with Gasteiger partial charge in [-0.15, -0.1) is 0 Å². The van der Waals surface area contributed by atoms with Gasteiger partial charge in [0.05, 0.1) is 71.8 Å². The summed E-state index contributed by atoms with van der Waals surface area (Å²) in [6, 6.07) is 12.4. The number of carbonyl (C=O) groups excluding carboxylic acids is 2. The van der Waals surface area contributed by atoms with E-state index >= 15 is 0 Å². The van der Waals surface area contributed by atoms with Gasteiger partial charge in [0.25, 0.3) is 5.69 Å². The largest absolute Gasteiger partial charge is 0.397 e. The van der Waals surface area contributed by atoms with Gasteiger partial charge in [0, 0.05) is 54.4 Å². The fourth-order valence-corrected chi connectivity index (χ4v) is 30.0. The van der Waals surface area contributed by atoms with E-state index in [9.17, 15) is 68.1 Å². The van der Waals surface area contributed by atoms with E-state index in [1.807, 2.05) is 0 Å². The molecule has 49 nitrogen and oxygen atoms in total. The minimum absolute atomic E-state index is 0.0146. The van der Waals surface area contributed by atoms with Crippen molar-refractivity contribution in [3.05, 3.63) is 127 Å². The lowest BCUT2D eigenvalue weighted by atomic mass is 10.1. The van der Waals surface area contributed by atoms with Gasteiger partial charge in [0.2, 0.25) is 11.6 Å². The Morgan fingerprint density at radius 2 is 0.888 bits per heavy atom. The summed E-state index contributed by atoms with van der Waals surface area (Å²) in [7, 11) is 0. The third-order valence-corrected chi connectivity index (χ3v) is 41.8. The Hall–Kier alpha value is -5.50. The zero-order chi connectivity index (χ0) is 95.9. The van der Waals surface area contributed by atoms with E-state index < -0.39 is 173 Å². The van der Waals surface area contributed by atoms with Crippen molar-refractivity contribution in [1.29, 1.82) is 0 Å². The average molecular weight is 2290 g/mol. The smallest absolute Gasteiger partial charge is 0.389 e. The number of ether oxygens (including phenoxy) is 5. The molecule has 64 heteroatoms. The van der Waals surface area contributed by atoms with Crippen LogP contribution < -0.4 is 28.7 Å². The second-order valence-corrected chi connectivity index (χ2v) is 54.1. The fraction of sp³-hybridized carbons (Fsp3) is 0.471. The molecule has 0 saturated carbocycles. The number of hydrogen-bond acceptors (Lipinski definition) is 50. The number of nitrogens with two attached hydrogens (primary N) is 5. The second kappa shape index (κ2) is 41.2. The van der Waals surface area contributed by atoms with Gasteiger partial charge >= 0.3 is 34.0 Å². The number of nitro benzene ring substituents is 1. The molecule has 0 aliphatic carbocycles. The number of Topliss-reactive ketones (excluding diaryl/α,β-unsaturated/α-hetero) is 2. The van der Waals surface area contributed by atoms with Crippen LogP contribution in [0.5, 0.6) is 0 Å². The maximum absolute atomic E-state index is 13.2. The first-order chi connectivity index (χ1) is 63.7. The van der Waals surface area contributed by atoms with Gasteiger partial charge in [0.15, 0.2) is 73.1 Å². The van der Waals surface area contributed by atoms with E-state index in [4.69, 9.17) is 110 Å². The molecule has 0 amide bonds. The van der Waals surface area contributed by atoms with Crippen LogP contribution in [0.1, 0.15) is 37.4 Å². The number of alkyl halides is 1. The van der Waals surface area contributed by atoms with Crippen molar-refractivity contribution in [1.82, 2.24) is 63.0 Å². The lowest BCUT2D eigenvalue weighted by Gasteiger charge is -2.32. The third kappa shape index (κ3) is 20.4. The lowest BCUT2D eigenvalue weighted by Crippen LogP contribution is -2.43. The van der Waals surface area contributed by atoms with Crippen molar-refractivity contribution in [3.63, 3.8) is 0 Å². The van der Waals surface area contributed by atoms with Crippen LogP contribution in [0, 0.1) is 14.9 Å². The molecule has 16 N–H and O–H groups in total. The first kappa shape index (κ1) is 101. The molecule has 20 rings (SSSR count). The molecular formula is C70H82Br3N20O29P5S7. The van der Waals surface area contributed by atoms with E-state index in [0.29, 0.717) is 98.9 Å². The van der Waals surface area contributed by atoms with Crippen molar-refractivity contribution in [3.8, 4) is 0 Å². The number of pyridine rings is 4. The molecule has 11 aliphatic rings. The topological polar surface area (TPSA) is 674 Å². The number of carbonyl (C=O) groups is 2. The number of nitrogen functional groups attached to an aromatic ring is 4. The SMILES string of the molecule is C=C1N=C(N)C(C)=CN1[C@@H]1O[C@@H]2COP(=O)(SC)OC2C1O.CSP1(=O)OC[C@H]2O[C@@H](n3c(=S)[nH]c4c(N)ccnc43)C(O)C2O1.CSP1(=O)OC[C@H]2O[C@@H](n3c(Br)nc4c(N)ccnc43)C(O)C2O1.CSP1(=O)OC[C@H]2O[C@@H](n3c(SCC(=O)C(=O)CBr)nc4c(N)ccnc43)C(O)C2O1.Nc1ccnc2c1nc(Br)n2[C@@H]1O[C@@H]2COP(=O)(SCc3ccc([N+](=O)[O-])cc3)OC2C1O. The van der Waals surface area contributed by atoms with Crippen LogP contribution in [0.4, 0.5) is 28.4 Å². The molecule has 10 fully saturated rings. The predicted molar refractivity (Wildman–Crippen MR) is 506 cm³/mol. The molecule has 19 heterocycles. The molecule has 0 bridgehead atoms. The molecule has 10 saturated heterocycles. The van der Waals surface area contributed by atoms with Crippen molar-refractivity contribution in [2.75, 3.05) is 92.1 Å². The van der Waals surface area contributed by atoms with E-state index in [-0.39, 0.29) is 60.7 Å². The van der Waals surface area contributed by atoms with Crippen LogP contribution in [-0.4, -0.2) is 278 Å². The fourth-order valence-electron chi connectivity index (χ4n) is 15.2. The number of ketones is 2. The highest BCUT2D eigenvalue weighted by Gasteiger charge is 2.59. The summed E-state index contributed by atoms with van der Waals surface area (Å²) in [5, 5.41) is 64.8. The molecule has 9 aromatic rings. The standard InChI is InChI=1S/C18H17BrN5O7PS.C16H18BrN4O7PS2.C12H14BrN4O5PS.C12H15N4O5PS2.C12H18N3O5PS/c19-18-22-13-11(20)5-6-21-16(13)23(18)17-14(25)15-12(30-17)7-29-32(28,31-15)33-8-9-1-3-10(4-2-9)24(26)27;1-30-29(25)26-5-10-13(28-29)12(24)15(27-10)21-14-11(7(18)2-3-19-14)20-16(21)31-6-9(23)8(22)4-17;1-24-23(19)20-4-6-9(22-23)8(18)11(21-6)17-10-7(16-12(17)13)5(14)2-3-15-10;1-24-22(18)19-4-6-9(21-22)8(17)11(20-6)16-10-7(15-12(16)23)5(13)2-3-14-10;1-6-4-15(7(2)14-11(6)13)12-9(16)10-8(19-12)5-18-21(17,20-10)22-3/h1-6,12,14-15,17,25H,7-8H2,(H2,20,21);2-3,10,12-13,15,24H,4-6H2,1H3,(H2,18,19);2-3,6,8-9,11,18H,4H2,1H3,(H2,14,15);2-3,6,8-9,11,17H,4H2,1H3,(H2,13,14)(H,15,23);4,8-10,12,16H,2,5H2,1,3H3,(H2,13,14)/t12-,14?,15?,17-,32?;10-,12?,13?,15-,29?;6-,8?,9?,11-,23?;6-,8?,9?,11-,22?;8-,9?,10?,12-,21?/m11111/s1. The van der Waals surface area contributed by atoms with Crippen LogP contribution >= 0.6 is 163 Å². The molecule has 724 valence electrons. The normalized spacial score (nSPS) is 34.1. The Morgan fingerprint density at radius 3 is 1.30 bits per heavy atom. The number of benzene rings is 1. The second-order valence-electron chi connectivity index (χ2n) is 30.1. The van der Waals surface area contributed by atoms with Crippen LogP contribution in [0.15, 0.2) is 117 Å². The number of aliphatic hydroxyl groups excluding tert-OH is 5. The van der Waals surface area contributed by atoms with Crippen LogP contribution in [0.25, 0.3) is 44.7 Å². The number of aromatic amines is 1. The lowest BCUT2D eigenvalue weighted by molar-refractivity contribution is -0.384. The molecule has 8 aromatic heterocycles. The number of aliphatic imine (C=N–C) groups is 1. The minimum Gasteiger partial charge on any atom is -0.397 e. The number of hydrogen-bond donors (Lipinski definition) is 11. The zero-order valence-electron chi connectivity index (χ0n) is 69.8.